The standard InChI is InChI=1S/C30H36N4OS/c1-20-19-26(21(2)33(20)22-9-3-4-10-22)29-28(27-13-7-8-18-31-27)32-30(36)34(29)23-14-16-25(17-15-23)35-24-11-5-6-12-24/h7-8,13-19,22,24,28-29H,3-6,9-12H2,1-2H3,(H,32,36). The number of aromatic nitrogens is 2. The minimum absolute atomic E-state index is 0.0226. The third kappa shape index (κ3) is 4.30. The lowest BCUT2D eigenvalue weighted by molar-refractivity contribution is 0.210. The van der Waals surface area contributed by atoms with Gasteiger partial charge in [0.15, 0.2) is 5.11 Å². The smallest absolute Gasteiger partial charge is 0.174 e. The molecule has 3 aromatic rings. The Bertz CT molecular complexity index is 1210. The summed E-state index contributed by atoms with van der Waals surface area (Å²) in [4.78, 5) is 7.02. The van der Waals surface area contributed by atoms with E-state index < -0.39 is 0 Å². The molecule has 3 heterocycles. The normalized spacial score (nSPS) is 22.9. The molecule has 1 saturated heterocycles. The molecule has 0 radical (unpaired) electrons. The van der Waals surface area contributed by atoms with Crippen molar-refractivity contribution in [2.75, 3.05) is 4.90 Å². The maximum absolute atomic E-state index is 6.24. The number of rotatable bonds is 6. The lowest BCUT2D eigenvalue weighted by Gasteiger charge is -2.29. The van der Waals surface area contributed by atoms with Gasteiger partial charge in [0.2, 0.25) is 0 Å². The number of hydrogen-bond acceptors (Lipinski definition) is 3. The molecule has 3 fully saturated rings. The Hall–Kier alpha value is -2.86. The summed E-state index contributed by atoms with van der Waals surface area (Å²) in [6.07, 6.45) is 12.3. The van der Waals surface area contributed by atoms with Gasteiger partial charge in [-0.15, -0.1) is 0 Å². The van der Waals surface area contributed by atoms with Crippen LogP contribution in [0.3, 0.4) is 0 Å². The number of nitrogens with one attached hydrogen (secondary N) is 1. The van der Waals surface area contributed by atoms with Crippen LogP contribution >= 0.6 is 12.2 Å². The Morgan fingerprint density at radius 3 is 2.36 bits per heavy atom. The van der Waals surface area contributed by atoms with Gasteiger partial charge in [0.1, 0.15) is 5.75 Å². The van der Waals surface area contributed by atoms with Gasteiger partial charge in [0.05, 0.1) is 23.9 Å². The second-order valence-corrected chi connectivity index (χ2v) is 11.0. The molecule has 6 rings (SSSR count). The molecule has 5 nitrogen and oxygen atoms in total. The molecule has 2 saturated carbocycles. The maximum Gasteiger partial charge on any atom is 0.174 e. The summed E-state index contributed by atoms with van der Waals surface area (Å²) < 4.78 is 8.82. The van der Waals surface area contributed by atoms with Crippen LogP contribution in [0.25, 0.3) is 0 Å². The van der Waals surface area contributed by atoms with E-state index in [2.05, 4.69) is 71.1 Å². The summed E-state index contributed by atoms with van der Waals surface area (Å²) in [7, 11) is 0. The molecule has 2 unspecified atom stereocenters. The molecule has 6 heteroatoms. The van der Waals surface area contributed by atoms with Crippen LogP contribution < -0.4 is 15.0 Å². The van der Waals surface area contributed by atoms with Crippen LogP contribution in [0.1, 0.15) is 92.1 Å². The predicted molar refractivity (Wildman–Crippen MR) is 149 cm³/mol. The molecule has 0 amide bonds. The lowest BCUT2D eigenvalue weighted by atomic mass is 9.96. The highest BCUT2D eigenvalue weighted by atomic mass is 32.1. The van der Waals surface area contributed by atoms with Crippen molar-refractivity contribution in [3.8, 4) is 5.75 Å². The summed E-state index contributed by atoms with van der Waals surface area (Å²) in [5.74, 6) is 0.945. The van der Waals surface area contributed by atoms with Gasteiger partial charge in [-0.05, 0) is 113 Å². The molecule has 0 bridgehead atoms. The molecule has 36 heavy (non-hydrogen) atoms. The number of anilines is 1. The Labute approximate surface area is 219 Å². The van der Waals surface area contributed by atoms with E-state index in [0.717, 1.165) is 35.1 Å². The van der Waals surface area contributed by atoms with E-state index in [1.54, 1.807) is 0 Å². The molecular formula is C30H36N4OS. The first-order valence-electron chi connectivity index (χ1n) is 13.6. The number of ether oxygens (including phenoxy) is 1. The molecule has 1 N–H and O–H groups in total. The SMILES string of the molecule is Cc1cc(C2C(c3ccccn3)NC(=S)N2c2ccc(OC3CCCC3)cc2)c(C)n1C1CCCC1. The summed E-state index contributed by atoms with van der Waals surface area (Å²) in [5, 5.41) is 4.36. The number of benzene rings is 1. The molecule has 0 spiro atoms. The van der Waals surface area contributed by atoms with Crippen molar-refractivity contribution >= 4 is 23.0 Å². The van der Waals surface area contributed by atoms with Crippen molar-refractivity contribution < 1.29 is 4.74 Å². The van der Waals surface area contributed by atoms with Gasteiger partial charge in [0.25, 0.3) is 0 Å². The summed E-state index contributed by atoms with van der Waals surface area (Å²) in [6, 6.07) is 17.6. The van der Waals surface area contributed by atoms with E-state index in [1.807, 2.05) is 12.3 Å². The van der Waals surface area contributed by atoms with Gasteiger partial charge in [-0.1, -0.05) is 18.9 Å². The van der Waals surface area contributed by atoms with Gasteiger partial charge in [-0.3, -0.25) is 4.98 Å². The number of aryl methyl sites for hydroxylation is 1. The van der Waals surface area contributed by atoms with E-state index in [4.69, 9.17) is 21.9 Å². The number of thiocarbonyl (C=S) groups is 1. The van der Waals surface area contributed by atoms with Crippen LogP contribution in [-0.4, -0.2) is 20.8 Å². The first kappa shape index (κ1) is 23.5. The topological polar surface area (TPSA) is 42.3 Å². The second-order valence-electron chi connectivity index (χ2n) is 10.6. The first-order chi connectivity index (χ1) is 17.6. The van der Waals surface area contributed by atoms with E-state index in [0.29, 0.717) is 12.1 Å². The average molecular weight is 501 g/mol. The van der Waals surface area contributed by atoms with Crippen molar-refractivity contribution in [3.63, 3.8) is 0 Å². The van der Waals surface area contributed by atoms with E-state index in [9.17, 15) is 0 Å². The van der Waals surface area contributed by atoms with Crippen molar-refractivity contribution in [2.24, 2.45) is 0 Å². The zero-order valence-electron chi connectivity index (χ0n) is 21.3. The molecule has 2 aromatic heterocycles. The highest BCUT2D eigenvalue weighted by Crippen LogP contribution is 2.45. The van der Waals surface area contributed by atoms with Gasteiger partial charge in [0, 0.05) is 29.3 Å². The molecule has 188 valence electrons. The minimum atomic E-state index is -0.0226. The molecule has 1 aliphatic heterocycles. The zero-order valence-corrected chi connectivity index (χ0v) is 22.1. The third-order valence-corrected chi connectivity index (χ3v) is 8.66. The van der Waals surface area contributed by atoms with Crippen LogP contribution in [0.5, 0.6) is 5.75 Å². The first-order valence-corrected chi connectivity index (χ1v) is 14.0. The largest absolute Gasteiger partial charge is 0.490 e. The van der Waals surface area contributed by atoms with Crippen LogP contribution in [0, 0.1) is 13.8 Å². The second kappa shape index (κ2) is 9.89. The van der Waals surface area contributed by atoms with Gasteiger partial charge < -0.3 is 19.5 Å². The summed E-state index contributed by atoms with van der Waals surface area (Å²) in [6.45, 7) is 4.54. The Balaban J connectivity index is 1.38. The average Bonchev–Trinajstić information content (AvgIpc) is 3.69. The highest BCUT2D eigenvalue weighted by Gasteiger charge is 2.42. The van der Waals surface area contributed by atoms with Gasteiger partial charge >= 0.3 is 0 Å². The third-order valence-electron chi connectivity index (χ3n) is 8.35. The van der Waals surface area contributed by atoms with E-state index in [1.165, 1.54) is 55.5 Å². The van der Waals surface area contributed by atoms with E-state index in [-0.39, 0.29) is 12.1 Å². The summed E-state index contributed by atoms with van der Waals surface area (Å²) in [5.41, 5.74) is 6.11. The zero-order chi connectivity index (χ0) is 24.6. The van der Waals surface area contributed by atoms with Crippen molar-refractivity contribution in [1.82, 2.24) is 14.9 Å². The number of pyridine rings is 1. The Morgan fingerprint density at radius 1 is 0.944 bits per heavy atom. The Morgan fingerprint density at radius 2 is 1.67 bits per heavy atom. The number of nitrogens with zero attached hydrogens (tertiary/aromatic N) is 3. The highest BCUT2D eigenvalue weighted by molar-refractivity contribution is 7.80. The fourth-order valence-electron chi connectivity index (χ4n) is 6.66. The summed E-state index contributed by atoms with van der Waals surface area (Å²) >= 11 is 5.96. The fourth-order valence-corrected chi connectivity index (χ4v) is 7.01. The van der Waals surface area contributed by atoms with Crippen molar-refractivity contribution in [3.05, 3.63) is 77.4 Å². The van der Waals surface area contributed by atoms with Crippen molar-refractivity contribution in [2.45, 2.75) is 89.4 Å². The predicted octanol–water partition coefficient (Wildman–Crippen LogP) is 7.11. The fraction of sp³-hybridized carbons (Fsp3) is 0.467. The Kier molecular flexibility index (Phi) is 6.46. The monoisotopic (exact) mass is 500 g/mol. The molecule has 1 aromatic carbocycles. The van der Waals surface area contributed by atoms with Gasteiger partial charge in [-0.2, -0.15) is 0 Å². The van der Waals surface area contributed by atoms with Crippen LogP contribution in [0.2, 0.25) is 0 Å². The van der Waals surface area contributed by atoms with Gasteiger partial charge in [-0.25, -0.2) is 0 Å². The molecule has 3 aliphatic rings. The molecule has 2 aliphatic carbocycles. The molecule has 2 atom stereocenters. The van der Waals surface area contributed by atoms with Crippen LogP contribution in [0.4, 0.5) is 5.69 Å². The molecular weight excluding hydrogens is 464 g/mol. The maximum atomic E-state index is 6.24. The number of hydrogen-bond donors (Lipinski definition) is 1. The quantitative estimate of drug-likeness (QED) is 0.365. The van der Waals surface area contributed by atoms with Crippen LogP contribution in [-0.2, 0) is 0 Å². The minimum Gasteiger partial charge on any atom is -0.490 e. The lowest BCUT2D eigenvalue weighted by Crippen LogP contribution is -2.29. The van der Waals surface area contributed by atoms with E-state index >= 15 is 0 Å². The van der Waals surface area contributed by atoms with Crippen LogP contribution in [0.15, 0.2) is 54.7 Å². The van der Waals surface area contributed by atoms with Crippen molar-refractivity contribution in [1.29, 1.82) is 0 Å².